The minimum atomic E-state index is -0.290. The van der Waals surface area contributed by atoms with Crippen LogP contribution in [0.3, 0.4) is 0 Å². The third kappa shape index (κ3) is 6.13. The van der Waals surface area contributed by atoms with Gasteiger partial charge in [-0.25, -0.2) is 0 Å². The van der Waals surface area contributed by atoms with Crippen molar-refractivity contribution in [3.63, 3.8) is 0 Å². The summed E-state index contributed by atoms with van der Waals surface area (Å²) >= 11 is 15.4. The van der Waals surface area contributed by atoms with Crippen molar-refractivity contribution < 1.29 is 14.3 Å². The number of likely N-dealkylation sites (N-methyl/N-ethyl adjacent to an activating group) is 1. The monoisotopic (exact) mass is 539 g/mol. The molecule has 0 unspecified atom stereocenters. The van der Waals surface area contributed by atoms with E-state index in [0.29, 0.717) is 33.3 Å². The standard InChI is InChI=1S/C23H27BrClN3O3S/c1-4-30-20-13-16(23(32)28-10-8-27(3)9-11-28)12-17(24)22(20)31-14-21(29)26-19-7-5-6-18(25)15(19)2/h5-7,12-13H,4,8-11,14H2,1-3H3,(H,26,29). The van der Waals surface area contributed by atoms with Crippen LogP contribution in [0.1, 0.15) is 18.1 Å². The third-order valence-electron chi connectivity index (χ3n) is 5.24. The minimum Gasteiger partial charge on any atom is -0.490 e. The highest BCUT2D eigenvalue weighted by Gasteiger charge is 2.21. The summed E-state index contributed by atoms with van der Waals surface area (Å²) in [6.45, 7) is 7.76. The van der Waals surface area contributed by atoms with Gasteiger partial charge in [-0.2, -0.15) is 0 Å². The van der Waals surface area contributed by atoms with Crippen molar-refractivity contribution in [3.8, 4) is 11.5 Å². The van der Waals surface area contributed by atoms with E-state index in [1.54, 1.807) is 18.2 Å². The van der Waals surface area contributed by atoms with Crippen molar-refractivity contribution in [1.82, 2.24) is 9.80 Å². The van der Waals surface area contributed by atoms with Gasteiger partial charge in [0, 0.05) is 42.5 Å². The molecule has 2 aromatic carbocycles. The number of anilines is 1. The van der Waals surface area contributed by atoms with Gasteiger partial charge < -0.3 is 24.6 Å². The Kier molecular flexibility index (Phi) is 8.76. The van der Waals surface area contributed by atoms with Crippen LogP contribution in [0.25, 0.3) is 0 Å². The molecule has 0 aliphatic carbocycles. The van der Waals surface area contributed by atoms with Gasteiger partial charge in [0.05, 0.1) is 11.1 Å². The van der Waals surface area contributed by atoms with Crippen LogP contribution in [0, 0.1) is 6.92 Å². The van der Waals surface area contributed by atoms with Gasteiger partial charge in [-0.05, 0) is 66.7 Å². The molecule has 0 spiro atoms. The Morgan fingerprint density at radius 3 is 2.62 bits per heavy atom. The molecular weight excluding hydrogens is 514 g/mol. The van der Waals surface area contributed by atoms with Crippen molar-refractivity contribution in [3.05, 3.63) is 51.0 Å². The van der Waals surface area contributed by atoms with Crippen LogP contribution < -0.4 is 14.8 Å². The van der Waals surface area contributed by atoms with Crippen molar-refractivity contribution in [2.24, 2.45) is 0 Å². The summed E-state index contributed by atoms with van der Waals surface area (Å²) in [7, 11) is 2.11. The first-order chi connectivity index (χ1) is 15.3. The lowest BCUT2D eigenvalue weighted by atomic mass is 10.1. The molecule has 1 aliphatic rings. The largest absolute Gasteiger partial charge is 0.490 e. The minimum absolute atomic E-state index is 0.174. The number of benzene rings is 2. The molecule has 1 aliphatic heterocycles. The molecular formula is C23H27BrClN3O3S. The van der Waals surface area contributed by atoms with E-state index < -0.39 is 0 Å². The number of carbonyl (C=O) groups is 1. The molecule has 172 valence electrons. The molecule has 1 amide bonds. The lowest BCUT2D eigenvalue weighted by Crippen LogP contribution is -2.46. The first-order valence-corrected chi connectivity index (χ1v) is 12.0. The quantitative estimate of drug-likeness (QED) is 0.512. The van der Waals surface area contributed by atoms with E-state index in [1.165, 1.54) is 0 Å². The van der Waals surface area contributed by atoms with Gasteiger partial charge in [-0.15, -0.1) is 0 Å². The predicted molar refractivity (Wildman–Crippen MR) is 136 cm³/mol. The number of hydrogen-bond donors (Lipinski definition) is 1. The second-order valence-corrected chi connectivity index (χ2v) is 9.21. The smallest absolute Gasteiger partial charge is 0.262 e. The normalized spacial score (nSPS) is 14.2. The summed E-state index contributed by atoms with van der Waals surface area (Å²) in [6, 6.07) is 9.16. The number of halogens is 2. The Morgan fingerprint density at radius 2 is 1.94 bits per heavy atom. The highest BCUT2D eigenvalue weighted by atomic mass is 79.9. The number of carbonyl (C=O) groups excluding carboxylic acids is 1. The van der Waals surface area contributed by atoms with Crippen LogP contribution in [0.4, 0.5) is 5.69 Å². The number of thiocarbonyl (C=S) groups is 1. The molecule has 1 saturated heterocycles. The summed E-state index contributed by atoms with van der Waals surface area (Å²) in [5.41, 5.74) is 2.34. The number of nitrogens with one attached hydrogen (secondary N) is 1. The summed E-state index contributed by atoms with van der Waals surface area (Å²) < 4.78 is 12.3. The Balaban J connectivity index is 1.72. The van der Waals surface area contributed by atoms with Gasteiger partial charge in [0.25, 0.3) is 5.91 Å². The van der Waals surface area contributed by atoms with E-state index in [9.17, 15) is 4.79 Å². The summed E-state index contributed by atoms with van der Waals surface area (Å²) in [5.74, 6) is 0.719. The highest BCUT2D eigenvalue weighted by Crippen LogP contribution is 2.37. The fourth-order valence-corrected chi connectivity index (χ4v) is 4.38. The number of piperazine rings is 1. The molecule has 1 heterocycles. The molecule has 32 heavy (non-hydrogen) atoms. The summed E-state index contributed by atoms with van der Waals surface area (Å²) in [4.78, 5) is 17.7. The molecule has 2 aromatic rings. The average molecular weight is 541 g/mol. The van der Waals surface area contributed by atoms with E-state index in [2.05, 4.69) is 38.1 Å². The Labute approximate surface area is 207 Å². The first kappa shape index (κ1) is 24.8. The number of amides is 1. The summed E-state index contributed by atoms with van der Waals surface area (Å²) in [6.07, 6.45) is 0. The van der Waals surface area contributed by atoms with Crippen LogP contribution in [0.15, 0.2) is 34.8 Å². The third-order valence-corrected chi connectivity index (χ3v) is 6.73. The topological polar surface area (TPSA) is 54.0 Å². The van der Waals surface area contributed by atoms with Crippen LogP contribution >= 0.6 is 39.7 Å². The van der Waals surface area contributed by atoms with E-state index in [0.717, 1.165) is 42.3 Å². The van der Waals surface area contributed by atoms with Crippen molar-refractivity contribution >= 4 is 56.3 Å². The van der Waals surface area contributed by atoms with Crippen LogP contribution in [-0.2, 0) is 4.79 Å². The van der Waals surface area contributed by atoms with E-state index in [4.69, 9.17) is 33.3 Å². The lowest BCUT2D eigenvalue weighted by Gasteiger charge is -2.34. The molecule has 6 nitrogen and oxygen atoms in total. The zero-order valence-electron chi connectivity index (χ0n) is 18.4. The molecule has 9 heteroatoms. The molecule has 0 saturated carbocycles. The number of nitrogens with zero attached hydrogens (tertiary/aromatic N) is 2. The van der Waals surface area contributed by atoms with Gasteiger partial charge in [0.2, 0.25) is 0 Å². The second-order valence-electron chi connectivity index (χ2n) is 7.56. The maximum Gasteiger partial charge on any atom is 0.262 e. The molecule has 0 aromatic heterocycles. The number of hydrogen-bond acceptors (Lipinski definition) is 5. The van der Waals surface area contributed by atoms with Gasteiger partial charge in [-0.1, -0.05) is 29.9 Å². The number of ether oxygens (including phenoxy) is 2. The maximum absolute atomic E-state index is 12.5. The van der Waals surface area contributed by atoms with E-state index in [1.807, 2.05) is 26.0 Å². The van der Waals surface area contributed by atoms with Crippen LogP contribution in [-0.4, -0.2) is 67.1 Å². The van der Waals surface area contributed by atoms with Crippen molar-refractivity contribution in [1.29, 1.82) is 0 Å². The van der Waals surface area contributed by atoms with Crippen molar-refractivity contribution in [2.45, 2.75) is 13.8 Å². The Morgan fingerprint density at radius 1 is 1.22 bits per heavy atom. The van der Waals surface area contributed by atoms with Gasteiger partial charge in [0.15, 0.2) is 18.1 Å². The fourth-order valence-electron chi connectivity index (χ4n) is 3.35. The molecule has 1 fully saturated rings. The molecule has 0 atom stereocenters. The molecule has 3 rings (SSSR count). The second kappa shape index (κ2) is 11.3. The lowest BCUT2D eigenvalue weighted by molar-refractivity contribution is -0.118. The Bertz CT molecular complexity index is 997. The Hall–Kier alpha value is -1.87. The van der Waals surface area contributed by atoms with Gasteiger partial charge >= 0.3 is 0 Å². The summed E-state index contributed by atoms with van der Waals surface area (Å²) in [5, 5.41) is 3.43. The molecule has 0 radical (unpaired) electrons. The van der Waals surface area contributed by atoms with Crippen LogP contribution in [0.5, 0.6) is 11.5 Å². The van der Waals surface area contributed by atoms with Crippen LogP contribution in [0.2, 0.25) is 5.02 Å². The maximum atomic E-state index is 12.5. The fraction of sp³-hybridized carbons (Fsp3) is 0.391. The van der Waals surface area contributed by atoms with Crippen molar-refractivity contribution in [2.75, 3.05) is 51.8 Å². The first-order valence-electron chi connectivity index (χ1n) is 10.4. The number of rotatable bonds is 7. The van der Waals surface area contributed by atoms with E-state index >= 15 is 0 Å². The SMILES string of the molecule is CCOc1cc(C(=S)N2CCN(C)CC2)cc(Br)c1OCC(=O)Nc1cccc(Cl)c1C. The molecule has 0 bridgehead atoms. The molecule has 1 N–H and O–H groups in total. The zero-order chi connectivity index (χ0) is 23.3. The van der Waals surface area contributed by atoms with Gasteiger partial charge in [-0.3, -0.25) is 4.79 Å². The average Bonchev–Trinajstić information content (AvgIpc) is 2.76. The zero-order valence-corrected chi connectivity index (χ0v) is 21.6. The highest BCUT2D eigenvalue weighted by molar-refractivity contribution is 9.10. The van der Waals surface area contributed by atoms with Gasteiger partial charge in [0.1, 0.15) is 4.99 Å². The van der Waals surface area contributed by atoms with E-state index in [-0.39, 0.29) is 12.5 Å². The predicted octanol–water partition coefficient (Wildman–Crippen LogP) is 4.75.